The van der Waals surface area contributed by atoms with E-state index in [0.717, 1.165) is 22.3 Å². The number of carbonyl (C=O) groups is 1. The molecular formula is C26H32N4O3. The van der Waals surface area contributed by atoms with E-state index in [2.05, 4.69) is 49.4 Å². The molecule has 0 atom stereocenters. The molecule has 0 aliphatic heterocycles. The topological polar surface area (TPSA) is 86.0 Å². The van der Waals surface area contributed by atoms with Gasteiger partial charge in [0.15, 0.2) is 0 Å². The molecule has 0 amide bonds. The van der Waals surface area contributed by atoms with Gasteiger partial charge in [-0.25, -0.2) is 4.98 Å². The summed E-state index contributed by atoms with van der Waals surface area (Å²) in [6.45, 7) is 8.79. The SMILES string of the molecule is Cc1cnc2c(ccn2C(=O)c2cc(C34CCCC(NC(C)(C)C)(C3)C4)cn2C)c1.O=C=O. The Bertz CT molecular complexity index is 1230. The van der Waals surface area contributed by atoms with Crippen molar-refractivity contribution in [3.8, 4) is 0 Å². The van der Waals surface area contributed by atoms with Gasteiger partial charge < -0.3 is 9.88 Å². The third kappa shape index (κ3) is 4.19. The molecule has 1 N–H and O–H groups in total. The third-order valence-corrected chi connectivity index (χ3v) is 7.02. The van der Waals surface area contributed by atoms with Crippen molar-refractivity contribution in [2.75, 3.05) is 0 Å². The molecule has 0 aromatic carbocycles. The van der Waals surface area contributed by atoms with E-state index in [1.54, 1.807) is 4.57 Å². The van der Waals surface area contributed by atoms with Gasteiger partial charge in [0.25, 0.3) is 5.91 Å². The lowest BCUT2D eigenvalue weighted by Crippen LogP contribution is -2.68. The largest absolute Gasteiger partial charge is 0.373 e. The number of aryl methyl sites for hydroxylation is 2. The molecule has 7 nitrogen and oxygen atoms in total. The highest BCUT2D eigenvalue weighted by atomic mass is 16.2. The molecule has 0 saturated heterocycles. The molecule has 3 aromatic heterocycles. The van der Waals surface area contributed by atoms with Gasteiger partial charge in [0.05, 0.1) is 0 Å². The zero-order valence-electron chi connectivity index (χ0n) is 20.1. The number of nitrogens with zero attached hydrogens (tertiary/aromatic N) is 3. The molecule has 33 heavy (non-hydrogen) atoms. The van der Waals surface area contributed by atoms with Gasteiger partial charge >= 0.3 is 6.15 Å². The monoisotopic (exact) mass is 448 g/mol. The normalized spacial score (nSPS) is 23.9. The van der Waals surface area contributed by atoms with Crippen LogP contribution in [0.15, 0.2) is 36.8 Å². The summed E-state index contributed by atoms with van der Waals surface area (Å²) in [5, 5.41) is 4.90. The van der Waals surface area contributed by atoms with E-state index in [-0.39, 0.29) is 28.6 Å². The fraction of sp³-hybridized carbons (Fsp3) is 0.500. The number of nitrogens with one attached hydrogen (secondary N) is 1. The summed E-state index contributed by atoms with van der Waals surface area (Å²) in [4.78, 5) is 34.1. The van der Waals surface area contributed by atoms with Crippen LogP contribution >= 0.6 is 0 Å². The Kier molecular flexibility index (Phi) is 5.67. The van der Waals surface area contributed by atoms with Crippen LogP contribution in [0.25, 0.3) is 11.0 Å². The zero-order valence-corrected chi connectivity index (χ0v) is 20.1. The van der Waals surface area contributed by atoms with E-state index in [0.29, 0.717) is 0 Å². The van der Waals surface area contributed by atoms with Gasteiger partial charge in [0.2, 0.25) is 0 Å². The lowest BCUT2D eigenvalue weighted by atomic mass is 9.47. The first-order valence-electron chi connectivity index (χ1n) is 11.5. The van der Waals surface area contributed by atoms with Gasteiger partial charge in [-0.1, -0.05) is 6.42 Å². The lowest BCUT2D eigenvalue weighted by Gasteiger charge is -2.63. The number of hydrogen-bond acceptors (Lipinski definition) is 5. The Morgan fingerprint density at radius 1 is 1.18 bits per heavy atom. The van der Waals surface area contributed by atoms with Crippen LogP contribution in [0.4, 0.5) is 0 Å². The summed E-state index contributed by atoms with van der Waals surface area (Å²) in [6, 6.07) is 6.17. The van der Waals surface area contributed by atoms with Gasteiger partial charge in [-0.05, 0) is 82.7 Å². The Hall–Kier alpha value is -3.02. The van der Waals surface area contributed by atoms with Gasteiger partial charge in [0, 0.05) is 47.5 Å². The first-order valence-corrected chi connectivity index (χ1v) is 11.5. The maximum atomic E-state index is 13.4. The van der Waals surface area contributed by atoms with Crippen molar-refractivity contribution < 1.29 is 14.4 Å². The highest BCUT2D eigenvalue weighted by Gasteiger charge is 2.58. The first kappa shape index (κ1) is 23.1. The van der Waals surface area contributed by atoms with Crippen molar-refractivity contribution in [1.82, 2.24) is 19.4 Å². The van der Waals surface area contributed by atoms with Crippen LogP contribution in [0.3, 0.4) is 0 Å². The van der Waals surface area contributed by atoms with Gasteiger partial charge in [0.1, 0.15) is 11.3 Å². The van der Waals surface area contributed by atoms with Gasteiger partial charge in [-0.3, -0.25) is 9.36 Å². The van der Waals surface area contributed by atoms with Crippen LogP contribution in [-0.4, -0.2) is 37.3 Å². The molecule has 0 radical (unpaired) electrons. The van der Waals surface area contributed by atoms with Crippen molar-refractivity contribution in [2.45, 2.75) is 76.3 Å². The molecular weight excluding hydrogens is 416 g/mol. The van der Waals surface area contributed by atoms with Crippen LogP contribution in [0.5, 0.6) is 0 Å². The van der Waals surface area contributed by atoms with E-state index >= 15 is 0 Å². The standard InChI is InChI=1S/C25H32N4O.CO2/c1-17-11-18-7-10-29(21(18)26-13-17)22(30)20-12-19(14-28(20)5)24-8-6-9-25(15-24,16-24)27-23(2,3)4;2-1-3/h7,10-14,27H,6,8-9,15-16H2,1-5H3;. The highest BCUT2D eigenvalue weighted by Crippen LogP contribution is 2.59. The molecule has 0 spiro atoms. The van der Waals surface area contributed by atoms with Crippen molar-refractivity contribution in [3.05, 3.63) is 53.6 Å². The smallest absolute Gasteiger partial charge is 0.346 e. The summed E-state index contributed by atoms with van der Waals surface area (Å²) in [7, 11) is 1.98. The van der Waals surface area contributed by atoms with Crippen molar-refractivity contribution in [1.29, 1.82) is 0 Å². The number of carbonyl (C=O) groups excluding carboxylic acids is 3. The minimum absolute atomic E-state index is 0.0132. The number of aromatic nitrogens is 3. The maximum Gasteiger partial charge on any atom is 0.373 e. The second-order valence-electron chi connectivity index (χ2n) is 10.9. The second-order valence-corrected chi connectivity index (χ2v) is 10.9. The number of fused-ring (bicyclic) bond motifs is 3. The lowest BCUT2D eigenvalue weighted by molar-refractivity contribution is -0.191. The van der Waals surface area contributed by atoms with E-state index in [1.165, 1.54) is 37.7 Å². The van der Waals surface area contributed by atoms with E-state index in [4.69, 9.17) is 9.59 Å². The Morgan fingerprint density at radius 3 is 2.55 bits per heavy atom. The first-order chi connectivity index (χ1) is 15.5. The average Bonchev–Trinajstić information content (AvgIpc) is 3.29. The van der Waals surface area contributed by atoms with Gasteiger partial charge in [-0.2, -0.15) is 9.59 Å². The van der Waals surface area contributed by atoms with Crippen molar-refractivity contribution >= 4 is 23.1 Å². The average molecular weight is 449 g/mol. The van der Waals surface area contributed by atoms with Crippen LogP contribution in [0.2, 0.25) is 0 Å². The summed E-state index contributed by atoms with van der Waals surface area (Å²) < 4.78 is 3.68. The number of hydrogen-bond donors (Lipinski definition) is 1. The quantitative estimate of drug-likeness (QED) is 0.651. The summed E-state index contributed by atoms with van der Waals surface area (Å²) in [5.41, 5.74) is 4.47. The van der Waals surface area contributed by atoms with Crippen LogP contribution in [-0.2, 0) is 22.1 Å². The second kappa shape index (κ2) is 8.08. The molecule has 6 rings (SSSR count). The molecule has 3 aromatic rings. The van der Waals surface area contributed by atoms with Crippen LogP contribution in [0.1, 0.15) is 74.5 Å². The van der Waals surface area contributed by atoms with Crippen LogP contribution < -0.4 is 5.32 Å². The van der Waals surface area contributed by atoms with Gasteiger partial charge in [-0.15, -0.1) is 0 Å². The highest BCUT2D eigenvalue weighted by molar-refractivity contribution is 6.00. The Morgan fingerprint density at radius 2 is 1.88 bits per heavy atom. The third-order valence-electron chi connectivity index (χ3n) is 7.02. The Balaban J connectivity index is 0.000000821. The van der Waals surface area contributed by atoms with Crippen molar-refractivity contribution in [3.63, 3.8) is 0 Å². The predicted octanol–water partition coefficient (Wildman–Crippen LogP) is 4.13. The van der Waals surface area contributed by atoms with Crippen LogP contribution in [0, 0.1) is 6.92 Å². The molecule has 174 valence electrons. The van der Waals surface area contributed by atoms with E-state index in [1.807, 2.05) is 37.0 Å². The minimum atomic E-state index is -0.0132. The molecule has 3 saturated carbocycles. The number of pyridine rings is 1. The fourth-order valence-electron chi connectivity index (χ4n) is 6.15. The maximum absolute atomic E-state index is 13.4. The molecule has 2 bridgehead atoms. The number of rotatable bonds is 3. The van der Waals surface area contributed by atoms with E-state index < -0.39 is 0 Å². The molecule has 3 aliphatic rings. The molecule has 3 fully saturated rings. The molecule has 3 heterocycles. The summed E-state index contributed by atoms with van der Waals surface area (Å²) in [5.74, 6) is -0.0132. The van der Waals surface area contributed by atoms with Crippen molar-refractivity contribution in [2.24, 2.45) is 7.05 Å². The fourth-order valence-corrected chi connectivity index (χ4v) is 6.15. The summed E-state index contributed by atoms with van der Waals surface area (Å²) >= 11 is 0. The Labute approximate surface area is 194 Å². The summed E-state index contributed by atoms with van der Waals surface area (Å²) in [6.07, 6.45) is 12.1. The predicted molar refractivity (Wildman–Crippen MR) is 125 cm³/mol. The van der Waals surface area contributed by atoms with E-state index in [9.17, 15) is 4.79 Å². The molecule has 0 unspecified atom stereocenters. The minimum Gasteiger partial charge on any atom is -0.346 e. The molecule has 7 heteroatoms. The molecule has 3 aliphatic carbocycles. The zero-order chi connectivity index (χ0) is 24.0.